The number of nitrogens with one attached hydrogen (secondary N) is 1. The summed E-state index contributed by atoms with van der Waals surface area (Å²) in [7, 11) is 4.55. The van der Waals surface area contributed by atoms with Crippen molar-refractivity contribution in [3.63, 3.8) is 0 Å². The molecular formula is C11H14BrNO4. The van der Waals surface area contributed by atoms with Crippen LogP contribution in [0, 0.1) is 0 Å². The summed E-state index contributed by atoms with van der Waals surface area (Å²) in [5.41, 5.74) is 0.537. The van der Waals surface area contributed by atoms with Crippen molar-refractivity contribution in [1.82, 2.24) is 0 Å². The second-order valence-corrected chi connectivity index (χ2v) is 3.62. The normalized spacial score (nSPS) is 9.65. The minimum Gasteiger partial charge on any atom is -0.493 e. The predicted octanol–water partition coefficient (Wildman–Crippen LogP) is 2.05. The molecule has 1 N–H and O–H groups in total. The summed E-state index contributed by atoms with van der Waals surface area (Å²) in [5, 5.41) is 2.90. The highest BCUT2D eigenvalue weighted by molar-refractivity contribution is 9.09. The minimum atomic E-state index is -0.171. The van der Waals surface area contributed by atoms with Crippen LogP contribution in [0.1, 0.15) is 0 Å². The number of anilines is 1. The van der Waals surface area contributed by atoms with Crippen LogP contribution in [0.25, 0.3) is 0 Å². The molecular weight excluding hydrogens is 290 g/mol. The number of methoxy groups -OCH3 is 3. The zero-order valence-electron chi connectivity index (χ0n) is 9.87. The van der Waals surface area contributed by atoms with E-state index in [1.807, 2.05) is 0 Å². The number of amides is 1. The molecule has 0 aliphatic carbocycles. The van der Waals surface area contributed by atoms with Crippen molar-refractivity contribution >= 4 is 27.5 Å². The number of carbonyl (C=O) groups is 1. The van der Waals surface area contributed by atoms with Gasteiger partial charge in [0.25, 0.3) is 0 Å². The Kier molecular flexibility index (Phi) is 5.09. The molecule has 0 saturated heterocycles. The molecule has 0 spiro atoms. The van der Waals surface area contributed by atoms with Gasteiger partial charge in [-0.15, -0.1) is 0 Å². The van der Waals surface area contributed by atoms with Gasteiger partial charge in [-0.2, -0.15) is 0 Å². The van der Waals surface area contributed by atoms with Gasteiger partial charge in [0.2, 0.25) is 11.7 Å². The van der Waals surface area contributed by atoms with E-state index in [2.05, 4.69) is 21.2 Å². The zero-order chi connectivity index (χ0) is 12.8. The van der Waals surface area contributed by atoms with Gasteiger partial charge in [-0.3, -0.25) is 4.79 Å². The van der Waals surface area contributed by atoms with Crippen LogP contribution in [0.2, 0.25) is 0 Å². The summed E-state index contributed by atoms with van der Waals surface area (Å²) in [6, 6.07) is 3.39. The van der Waals surface area contributed by atoms with Gasteiger partial charge >= 0.3 is 0 Å². The fraction of sp³-hybridized carbons (Fsp3) is 0.364. The number of ether oxygens (including phenoxy) is 3. The van der Waals surface area contributed by atoms with Crippen molar-refractivity contribution < 1.29 is 19.0 Å². The lowest BCUT2D eigenvalue weighted by Gasteiger charge is -2.15. The summed E-state index contributed by atoms with van der Waals surface area (Å²) in [5.74, 6) is 1.25. The van der Waals surface area contributed by atoms with E-state index >= 15 is 0 Å². The molecule has 0 radical (unpaired) electrons. The average Bonchev–Trinajstić information content (AvgIpc) is 2.37. The molecule has 0 aliphatic heterocycles. The lowest BCUT2D eigenvalue weighted by atomic mass is 10.2. The molecule has 17 heavy (non-hydrogen) atoms. The van der Waals surface area contributed by atoms with Crippen LogP contribution in [-0.4, -0.2) is 32.6 Å². The fourth-order valence-corrected chi connectivity index (χ4v) is 1.52. The highest BCUT2D eigenvalue weighted by Gasteiger charge is 2.16. The maximum Gasteiger partial charge on any atom is 0.235 e. The Balaban J connectivity index is 3.18. The number of benzene rings is 1. The molecule has 1 aromatic rings. The quantitative estimate of drug-likeness (QED) is 0.846. The van der Waals surface area contributed by atoms with Crippen LogP contribution < -0.4 is 19.5 Å². The van der Waals surface area contributed by atoms with Crippen molar-refractivity contribution in [3.8, 4) is 17.2 Å². The number of halogens is 1. The third-order valence-corrected chi connectivity index (χ3v) is 2.61. The molecule has 0 unspecified atom stereocenters. The Morgan fingerprint density at radius 2 is 1.82 bits per heavy atom. The lowest BCUT2D eigenvalue weighted by Crippen LogP contribution is -2.13. The summed E-state index contributed by atoms with van der Waals surface area (Å²) >= 11 is 3.07. The van der Waals surface area contributed by atoms with E-state index in [4.69, 9.17) is 14.2 Å². The minimum absolute atomic E-state index is 0.171. The zero-order valence-corrected chi connectivity index (χ0v) is 11.5. The van der Waals surface area contributed by atoms with Crippen LogP contribution in [0.3, 0.4) is 0 Å². The van der Waals surface area contributed by atoms with Crippen LogP contribution in [0.15, 0.2) is 12.1 Å². The van der Waals surface area contributed by atoms with E-state index in [1.54, 1.807) is 12.1 Å². The van der Waals surface area contributed by atoms with Crippen molar-refractivity contribution in [2.45, 2.75) is 0 Å². The van der Waals surface area contributed by atoms with Gasteiger partial charge in [0.05, 0.1) is 32.3 Å². The molecule has 0 bridgehead atoms. The first-order valence-electron chi connectivity index (χ1n) is 4.82. The molecule has 1 amide bonds. The SMILES string of the molecule is COc1ccc(NC(=O)CBr)c(OC)c1OC. The third-order valence-electron chi connectivity index (χ3n) is 2.10. The van der Waals surface area contributed by atoms with Crippen LogP contribution in [-0.2, 0) is 4.79 Å². The Morgan fingerprint density at radius 3 is 2.29 bits per heavy atom. The van der Waals surface area contributed by atoms with Gasteiger partial charge < -0.3 is 19.5 Å². The van der Waals surface area contributed by atoms with E-state index in [9.17, 15) is 4.79 Å². The highest BCUT2D eigenvalue weighted by atomic mass is 79.9. The maximum absolute atomic E-state index is 11.3. The number of carbonyl (C=O) groups excluding carboxylic acids is 1. The molecule has 94 valence electrons. The van der Waals surface area contributed by atoms with Gasteiger partial charge in [-0.1, -0.05) is 15.9 Å². The van der Waals surface area contributed by atoms with Crippen LogP contribution >= 0.6 is 15.9 Å². The number of rotatable bonds is 5. The van der Waals surface area contributed by atoms with E-state index in [0.717, 1.165) is 0 Å². The van der Waals surface area contributed by atoms with Crippen LogP contribution in [0.4, 0.5) is 5.69 Å². The fourth-order valence-electron chi connectivity index (χ4n) is 1.38. The number of alkyl halides is 1. The molecule has 0 aliphatic rings. The number of hydrogen-bond acceptors (Lipinski definition) is 4. The van der Waals surface area contributed by atoms with E-state index in [1.165, 1.54) is 21.3 Å². The van der Waals surface area contributed by atoms with Gasteiger partial charge in [0.15, 0.2) is 11.5 Å². The summed E-state index contributed by atoms with van der Waals surface area (Å²) in [4.78, 5) is 11.3. The monoisotopic (exact) mass is 303 g/mol. The van der Waals surface area contributed by atoms with Crippen molar-refractivity contribution in [3.05, 3.63) is 12.1 Å². The topological polar surface area (TPSA) is 56.8 Å². The predicted molar refractivity (Wildman–Crippen MR) is 68.5 cm³/mol. The smallest absolute Gasteiger partial charge is 0.235 e. The molecule has 5 nitrogen and oxygen atoms in total. The molecule has 0 aromatic heterocycles. The Morgan fingerprint density at radius 1 is 1.18 bits per heavy atom. The first kappa shape index (κ1) is 13.6. The van der Waals surface area contributed by atoms with Crippen molar-refractivity contribution in [2.24, 2.45) is 0 Å². The second kappa shape index (κ2) is 6.34. The lowest BCUT2D eigenvalue weighted by molar-refractivity contribution is -0.113. The van der Waals surface area contributed by atoms with E-state index in [-0.39, 0.29) is 11.2 Å². The maximum atomic E-state index is 11.3. The molecule has 1 aromatic carbocycles. The van der Waals surface area contributed by atoms with Gasteiger partial charge in [0.1, 0.15) is 0 Å². The van der Waals surface area contributed by atoms with Crippen molar-refractivity contribution in [1.29, 1.82) is 0 Å². The van der Waals surface area contributed by atoms with Gasteiger partial charge in [0, 0.05) is 0 Å². The van der Waals surface area contributed by atoms with Crippen molar-refractivity contribution in [2.75, 3.05) is 32.0 Å². The summed E-state index contributed by atoms with van der Waals surface area (Å²) < 4.78 is 15.6. The Labute approximate surface area is 108 Å². The molecule has 0 fully saturated rings. The first-order chi connectivity index (χ1) is 8.17. The Bertz CT molecular complexity index is 409. The van der Waals surface area contributed by atoms with E-state index < -0.39 is 0 Å². The Hall–Kier alpha value is -1.43. The first-order valence-corrected chi connectivity index (χ1v) is 5.94. The summed E-state index contributed by atoms with van der Waals surface area (Å²) in [6.07, 6.45) is 0. The van der Waals surface area contributed by atoms with Crippen LogP contribution in [0.5, 0.6) is 17.2 Å². The largest absolute Gasteiger partial charge is 0.493 e. The summed E-state index contributed by atoms with van der Waals surface area (Å²) in [6.45, 7) is 0. The standard InChI is InChI=1S/C11H14BrNO4/c1-15-8-5-4-7(13-9(14)6-12)10(16-2)11(8)17-3/h4-5H,6H2,1-3H3,(H,13,14). The molecule has 0 atom stereocenters. The highest BCUT2D eigenvalue weighted by Crippen LogP contribution is 2.42. The third kappa shape index (κ3) is 3.03. The molecule has 0 heterocycles. The van der Waals surface area contributed by atoms with E-state index in [0.29, 0.717) is 22.9 Å². The molecule has 6 heteroatoms. The molecule has 1 rings (SSSR count). The second-order valence-electron chi connectivity index (χ2n) is 3.06. The molecule has 0 saturated carbocycles. The van der Waals surface area contributed by atoms with Gasteiger partial charge in [-0.25, -0.2) is 0 Å². The van der Waals surface area contributed by atoms with Gasteiger partial charge in [-0.05, 0) is 12.1 Å². The average molecular weight is 304 g/mol. The number of hydrogen-bond donors (Lipinski definition) is 1.